The highest BCUT2D eigenvalue weighted by atomic mass is 35.5. The molecule has 0 aliphatic carbocycles. The van der Waals surface area contributed by atoms with E-state index in [0.29, 0.717) is 11.7 Å². The topological polar surface area (TPSA) is 54.9 Å². The smallest absolute Gasteiger partial charge is 0.266 e. The zero-order valence-corrected chi connectivity index (χ0v) is 20.1. The van der Waals surface area contributed by atoms with Gasteiger partial charge in [0.05, 0.1) is 17.3 Å². The molecular weight excluding hydrogens is 434 g/mol. The molecule has 2 aromatic carbocycles. The number of amides is 1. The van der Waals surface area contributed by atoms with Crippen LogP contribution in [-0.4, -0.2) is 55.7 Å². The first kappa shape index (κ1) is 24.9. The Morgan fingerprint density at radius 3 is 2.52 bits per heavy atom. The molecule has 0 spiro atoms. The predicted molar refractivity (Wildman–Crippen MR) is 130 cm³/mol. The van der Waals surface area contributed by atoms with Crippen LogP contribution in [0.25, 0.3) is 10.2 Å². The number of methoxy groups -OCH3 is 1. The van der Waals surface area contributed by atoms with E-state index in [1.165, 1.54) is 11.3 Å². The van der Waals surface area contributed by atoms with Crippen LogP contribution in [0, 0.1) is 6.92 Å². The molecule has 0 saturated heterocycles. The molecule has 3 rings (SSSR count). The fourth-order valence-corrected chi connectivity index (χ4v) is 4.22. The van der Waals surface area contributed by atoms with Crippen molar-refractivity contribution >= 4 is 45.0 Å². The highest BCUT2D eigenvalue weighted by molar-refractivity contribution is 7.22. The molecule has 0 atom stereocenters. The van der Waals surface area contributed by atoms with Crippen molar-refractivity contribution in [2.75, 3.05) is 44.8 Å². The summed E-state index contributed by atoms with van der Waals surface area (Å²) < 4.78 is 12.1. The number of nitrogens with zero attached hydrogens (tertiary/aromatic N) is 3. The van der Waals surface area contributed by atoms with Crippen LogP contribution in [0.15, 0.2) is 42.5 Å². The minimum atomic E-state index is -0.101. The van der Waals surface area contributed by atoms with Crippen LogP contribution >= 0.6 is 23.7 Å². The molecule has 0 N–H and O–H groups in total. The summed E-state index contributed by atoms with van der Waals surface area (Å²) >= 11 is 1.49. The maximum absolute atomic E-state index is 13.1. The standard InChI is InChI=1S/C23H29N3O3S.ClH/c1-5-25(6-2)13-14-26(22(27)16-29-20-10-8-7-9-17(20)3)23-24-19-12-11-18(28-4)15-21(19)30-23;/h7-12,15H,5-6,13-14,16H2,1-4H3;1H. The van der Waals surface area contributed by atoms with Gasteiger partial charge in [0.1, 0.15) is 11.5 Å². The van der Waals surface area contributed by atoms with E-state index in [-0.39, 0.29) is 24.9 Å². The van der Waals surface area contributed by atoms with E-state index in [9.17, 15) is 4.79 Å². The molecular formula is C23H30ClN3O3S. The third-order valence-electron chi connectivity index (χ3n) is 5.10. The SMILES string of the molecule is CCN(CC)CCN(C(=O)COc1ccccc1C)c1nc2ccc(OC)cc2s1.Cl. The van der Waals surface area contributed by atoms with E-state index >= 15 is 0 Å². The Labute approximate surface area is 194 Å². The zero-order chi connectivity index (χ0) is 21.5. The third-order valence-corrected chi connectivity index (χ3v) is 6.14. The van der Waals surface area contributed by atoms with Crippen LogP contribution in [-0.2, 0) is 4.79 Å². The second-order valence-electron chi connectivity index (χ2n) is 6.96. The fourth-order valence-electron chi connectivity index (χ4n) is 3.18. The van der Waals surface area contributed by atoms with Gasteiger partial charge in [0.2, 0.25) is 0 Å². The average molecular weight is 464 g/mol. The number of hydrogen-bond donors (Lipinski definition) is 0. The molecule has 168 valence electrons. The van der Waals surface area contributed by atoms with Gasteiger partial charge in [0, 0.05) is 13.1 Å². The van der Waals surface area contributed by atoms with Crippen molar-refractivity contribution in [3.63, 3.8) is 0 Å². The summed E-state index contributed by atoms with van der Waals surface area (Å²) in [5.74, 6) is 1.40. The molecule has 31 heavy (non-hydrogen) atoms. The molecule has 0 aliphatic rings. The lowest BCUT2D eigenvalue weighted by Gasteiger charge is -2.24. The Morgan fingerprint density at radius 2 is 1.84 bits per heavy atom. The molecule has 0 fully saturated rings. The van der Waals surface area contributed by atoms with Crippen LogP contribution in [0.4, 0.5) is 5.13 Å². The van der Waals surface area contributed by atoms with Gasteiger partial charge >= 0.3 is 0 Å². The maximum Gasteiger partial charge on any atom is 0.266 e. The first-order valence-electron chi connectivity index (χ1n) is 10.2. The minimum Gasteiger partial charge on any atom is -0.497 e. The Bertz CT molecular complexity index is 991. The largest absolute Gasteiger partial charge is 0.497 e. The number of para-hydroxylation sites is 1. The van der Waals surface area contributed by atoms with E-state index in [2.05, 4.69) is 18.7 Å². The van der Waals surface area contributed by atoms with Gasteiger partial charge in [0.15, 0.2) is 11.7 Å². The first-order valence-corrected chi connectivity index (χ1v) is 11.0. The maximum atomic E-state index is 13.1. The Hall–Kier alpha value is -2.35. The molecule has 0 saturated carbocycles. The van der Waals surface area contributed by atoms with Crippen molar-refractivity contribution in [1.29, 1.82) is 0 Å². The Kier molecular flexibility index (Phi) is 9.55. The van der Waals surface area contributed by atoms with Crippen LogP contribution in [0.1, 0.15) is 19.4 Å². The Morgan fingerprint density at radius 1 is 1.10 bits per heavy atom. The molecule has 8 heteroatoms. The van der Waals surface area contributed by atoms with Crippen LogP contribution in [0.3, 0.4) is 0 Å². The first-order chi connectivity index (χ1) is 14.5. The highest BCUT2D eigenvalue weighted by Crippen LogP contribution is 2.31. The zero-order valence-electron chi connectivity index (χ0n) is 18.5. The second kappa shape index (κ2) is 11.9. The molecule has 0 radical (unpaired) electrons. The number of halogens is 1. The number of thiazole rings is 1. The lowest BCUT2D eigenvalue weighted by Crippen LogP contribution is -2.41. The quantitative estimate of drug-likeness (QED) is 0.432. The van der Waals surface area contributed by atoms with E-state index in [4.69, 9.17) is 14.5 Å². The van der Waals surface area contributed by atoms with Gasteiger partial charge in [-0.05, 0) is 49.8 Å². The van der Waals surface area contributed by atoms with Crippen molar-refractivity contribution in [2.45, 2.75) is 20.8 Å². The molecule has 0 unspecified atom stereocenters. The van der Waals surface area contributed by atoms with E-state index in [1.54, 1.807) is 12.0 Å². The number of fused-ring (bicyclic) bond motifs is 1. The summed E-state index contributed by atoms with van der Waals surface area (Å²) in [7, 11) is 1.64. The summed E-state index contributed by atoms with van der Waals surface area (Å²) in [5, 5.41) is 0.684. The normalized spacial score (nSPS) is 10.7. The summed E-state index contributed by atoms with van der Waals surface area (Å²) in [6.45, 7) is 9.42. The van der Waals surface area contributed by atoms with Crippen molar-refractivity contribution in [3.8, 4) is 11.5 Å². The third kappa shape index (κ3) is 6.32. The number of carbonyl (C=O) groups is 1. The summed E-state index contributed by atoms with van der Waals surface area (Å²) in [4.78, 5) is 21.9. The van der Waals surface area contributed by atoms with Gasteiger partial charge < -0.3 is 14.4 Å². The number of benzene rings is 2. The van der Waals surface area contributed by atoms with E-state index in [1.807, 2.05) is 49.4 Å². The van der Waals surface area contributed by atoms with Gasteiger partial charge in [0.25, 0.3) is 5.91 Å². The van der Waals surface area contributed by atoms with Gasteiger partial charge in [-0.2, -0.15) is 0 Å². The number of ether oxygens (including phenoxy) is 2. The number of anilines is 1. The van der Waals surface area contributed by atoms with E-state index < -0.39 is 0 Å². The number of rotatable bonds is 10. The number of likely N-dealkylation sites (N-methyl/N-ethyl adjacent to an activating group) is 1. The molecule has 0 aliphatic heterocycles. The molecule has 1 heterocycles. The van der Waals surface area contributed by atoms with Crippen LogP contribution < -0.4 is 14.4 Å². The second-order valence-corrected chi connectivity index (χ2v) is 7.97. The Balaban J connectivity index is 0.00000341. The minimum absolute atomic E-state index is 0. The molecule has 6 nitrogen and oxygen atoms in total. The monoisotopic (exact) mass is 463 g/mol. The molecule has 1 aromatic heterocycles. The summed E-state index contributed by atoms with van der Waals surface area (Å²) in [6.07, 6.45) is 0. The number of hydrogen-bond acceptors (Lipinski definition) is 6. The predicted octanol–water partition coefficient (Wildman–Crippen LogP) is 4.79. The lowest BCUT2D eigenvalue weighted by atomic mass is 10.2. The van der Waals surface area contributed by atoms with Gasteiger partial charge in [-0.15, -0.1) is 12.4 Å². The molecule has 1 amide bonds. The van der Waals surface area contributed by atoms with Gasteiger partial charge in [-0.25, -0.2) is 4.98 Å². The molecule has 3 aromatic rings. The number of aromatic nitrogens is 1. The number of aryl methyl sites for hydroxylation is 1. The summed E-state index contributed by atoms with van der Waals surface area (Å²) in [5.41, 5.74) is 1.86. The summed E-state index contributed by atoms with van der Waals surface area (Å²) in [6, 6.07) is 13.5. The average Bonchev–Trinajstić information content (AvgIpc) is 3.18. The number of carbonyl (C=O) groups excluding carboxylic acids is 1. The van der Waals surface area contributed by atoms with Crippen LogP contribution in [0.2, 0.25) is 0 Å². The van der Waals surface area contributed by atoms with Gasteiger partial charge in [-0.3, -0.25) is 9.69 Å². The van der Waals surface area contributed by atoms with Crippen molar-refractivity contribution < 1.29 is 14.3 Å². The van der Waals surface area contributed by atoms with E-state index in [0.717, 1.165) is 46.9 Å². The van der Waals surface area contributed by atoms with Crippen molar-refractivity contribution in [3.05, 3.63) is 48.0 Å². The fraction of sp³-hybridized carbons (Fsp3) is 0.391. The van der Waals surface area contributed by atoms with Crippen LogP contribution in [0.5, 0.6) is 11.5 Å². The van der Waals surface area contributed by atoms with Gasteiger partial charge in [-0.1, -0.05) is 43.4 Å². The van der Waals surface area contributed by atoms with Crippen molar-refractivity contribution in [1.82, 2.24) is 9.88 Å². The molecule has 0 bridgehead atoms. The van der Waals surface area contributed by atoms with Crippen molar-refractivity contribution in [2.24, 2.45) is 0 Å². The lowest BCUT2D eigenvalue weighted by molar-refractivity contribution is -0.120. The highest BCUT2D eigenvalue weighted by Gasteiger charge is 2.21.